The van der Waals surface area contributed by atoms with Crippen molar-refractivity contribution in [3.63, 3.8) is 0 Å². The largest absolute Gasteiger partial charge is 0.325 e. The Morgan fingerprint density at radius 1 is 1.45 bits per heavy atom. The third-order valence-corrected chi connectivity index (χ3v) is 5.29. The van der Waals surface area contributed by atoms with Gasteiger partial charge in [0, 0.05) is 16.2 Å². The molecule has 1 aromatic rings. The van der Waals surface area contributed by atoms with Crippen LogP contribution in [0.2, 0.25) is 0 Å². The van der Waals surface area contributed by atoms with E-state index in [4.69, 9.17) is 0 Å². The summed E-state index contributed by atoms with van der Waals surface area (Å²) in [7, 11) is -3.34. The number of anilines is 1. The fraction of sp³-hybridized carbons (Fsp3) is 0.462. The Kier molecular flexibility index (Phi) is 4.51. The lowest BCUT2D eigenvalue weighted by Crippen LogP contribution is -2.38. The quantitative estimate of drug-likeness (QED) is 0.874. The van der Waals surface area contributed by atoms with Crippen molar-refractivity contribution in [3.05, 3.63) is 28.2 Å². The second-order valence-electron chi connectivity index (χ2n) is 5.05. The molecule has 0 saturated heterocycles. The van der Waals surface area contributed by atoms with Crippen LogP contribution < -0.4 is 5.32 Å². The molecule has 0 aromatic heterocycles. The van der Waals surface area contributed by atoms with E-state index in [2.05, 4.69) is 21.2 Å². The lowest BCUT2D eigenvalue weighted by molar-refractivity contribution is -0.116. The van der Waals surface area contributed by atoms with E-state index in [9.17, 15) is 13.2 Å². The summed E-state index contributed by atoms with van der Waals surface area (Å²) in [4.78, 5) is 12.0. The zero-order valence-corrected chi connectivity index (χ0v) is 13.8. The van der Waals surface area contributed by atoms with Crippen LogP contribution in [0.25, 0.3) is 0 Å². The van der Waals surface area contributed by atoms with E-state index in [0.29, 0.717) is 5.69 Å². The maximum Gasteiger partial charge on any atom is 0.239 e. The first kappa shape index (κ1) is 15.5. The number of halogens is 1. The van der Waals surface area contributed by atoms with Gasteiger partial charge in [-0.25, -0.2) is 8.42 Å². The van der Waals surface area contributed by atoms with Gasteiger partial charge in [0.2, 0.25) is 15.9 Å². The molecule has 1 fully saturated rings. The minimum Gasteiger partial charge on any atom is -0.325 e. The van der Waals surface area contributed by atoms with E-state index in [1.54, 1.807) is 6.07 Å². The summed E-state index contributed by atoms with van der Waals surface area (Å²) in [6.07, 6.45) is 2.80. The molecule has 1 amide bonds. The monoisotopic (exact) mass is 360 g/mol. The third-order valence-electron chi connectivity index (χ3n) is 3.12. The third kappa shape index (κ3) is 4.04. The highest BCUT2D eigenvalue weighted by Gasteiger charge is 2.36. The van der Waals surface area contributed by atoms with Crippen LogP contribution in [0, 0.1) is 6.92 Å². The average molecular weight is 361 g/mol. The summed E-state index contributed by atoms with van der Waals surface area (Å²) < 4.78 is 25.5. The maximum absolute atomic E-state index is 12.0. The van der Waals surface area contributed by atoms with Gasteiger partial charge < -0.3 is 5.32 Å². The molecule has 0 bridgehead atoms. The molecule has 5 nitrogen and oxygen atoms in total. The molecule has 1 N–H and O–H groups in total. The van der Waals surface area contributed by atoms with Gasteiger partial charge in [-0.3, -0.25) is 4.79 Å². The molecule has 1 aromatic carbocycles. The summed E-state index contributed by atoms with van der Waals surface area (Å²) in [5.41, 5.74) is 1.67. The molecule has 0 spiro atoms. The second kappa shape index (κ2) is 5.83. The number of aryl methyl sites for hydroxylation is 1. The zero-order chi connectivity index (χ0) is 14.9. The molecule has 0 unspecified atom stereocenters. The van der Waals surface area contributed by atoms with E-state index in [1.807, 2.05) is 19.1 Å². The number of amides is 1. The van der Waals surface area contributed by atoms with Crippen molar-refractivity contribution in [3.8, 4) is 0 Å². The van der Waals surface area contributed by atoms with Gasteiger partial charge in [0.05, 0.1) is 12.8 Å². The summed E-state index contributed by atoms with van der Waals surface area (Å²) in [6.45, 7) is 1.80. The van der Waals surface area contributed by atoms with Crippen LogP contribution in [0.1, 0.15) is 18.4 Å². The van der Waals surface area contributed by atoms with E-state index < -0.39 is 10.0 Å². The summed E-state index contributed by atoms with van der Waals surface area (Å²) in [5, 5.41) is 2.73. The number of hydrogen-bond acceptors (Lipinski definition) is 3. The Morgan fingerprint density at radius 3 is 2.60 bits per heavy atom. The van der Waals surface area contributed by atoms with E-state index in [1.165, 1.54) is 4.31 Å². The molecule has 0 atom stereocenters. The highest BCUT2D eigenvalue weighted by Crippen LogP contribution is 2.28. The fourth-order valence-electron chi connectivity index (χ4n) is 1.94. The van der Waals surface area contributed by atoms with Gasteiger partial charge >= 0.3 is 0 Å². The molecule has 1 aliphatic rings. The Labute approximate surface area is 127 Å². The van der Waals surface area contributed by atoms with E-state index in [-0.39, 0.29) is 18.5 Å². The zero-order valence-electron chi connectivity index (χ0n) is 11.4. The van der Waals surface area contributed by atoms with Gasteiger partial charge in [0.1, 0.15) is 0 Å². The molecule has 110 valence electrons. The predicted octanol–water partition coefficient (Wildman–Crippen LogP) is 2.12. The first-order valence-corrected chi connectivity index (χ1v) is 8.94. The van der Waals surface area contributed by atoms with Crippen molar-refractivity contribution >= 4 is 37.5 Å². The number of carbonyl (C=O) groups excluding carboxylic acids is 1. The van der Waals surface area contributed by atoms with Crippen LogP contribution in [-0.4, -0.2) is 37.5 Å². The van der Waals surface area contributed by atoms with Gasteiger partial charge in [0.25, 0.3) is 0 Å². The lowest BCUT2D eigenvalue weighted by atomic mass is 10.2. The molecule has 2 rings (SSSR count). The maximum atomic E-state index is 12.0. The number of nitrogens with one attached hydrogen (secondary N) is 1. The smallest absolute Gasteiger partial charge is 0.239 e. The number of rotatable bonds is 5. The van der Waals surface area contributed by atoms with Gasteiger partial charge in [-0.2, -0.15) is 4.31 Å². The van der Waals surface area contributed by atoms with Crippen LogP contribution in [0.5, 0.6) is 0 Å². The fourth-order valence-corrected chi connectivity index (χ4v) is 3.29. The SMILES string of the molecule is Cc1cc(NC(=O)CN(C2CC2)S(C)(=O)=O)ccc1Br. The molecule has 0 heterocycles. The summed E-state index contributed by atoms with van der Waals surface area (Å²) in [5.74, 6) is -0.316. The summed E-state index contributed by atoms with van der Waals surface area (Å²) in [6, 6.07) is 5.45. The molecule has 0 radical (unpaired) electrons. The van der Waals surface area contributed by atoms with Crippen molar-refractivity contribution in [2.75, 3.05) is 18.1 Å². The predicted molar refractivity (Wildman–Crippen MR) is 82.1 cm³/mol. The standard InChI is InChI=1S/C13H17BrN2O3S/c1-9-7-10(3-6-12(9)14)15-13(17)8-16(11-4-5-11)20(2,18)19/h3,6-7,11H,4-5,8H2,1-2H3,(H,15,17). The van der Waals surface area contributed by atoms with Gasteiger partial charge in [-0.1, -0.05) is 15.9 Å². The first-order valence-electron chi connectivity index (χ1n) is 6.30. The van der Waals surface area contributed by atoms with Crippen molar-refractivity contribution in [1.29, 1.82) is 0 Å². The minimum atomic E-state index is -3.34. The number of hydrogen-bond donors (Lipinski definition) is 1. The normalized spacial score (nSPS) is 15.4. The Bertz CT molecular complexity index is 627. The molecule has 1 aliphatic carbocycles. The minimum absolute atomic E-state index is 0.0117. The lowest BCUT2D eigenvalue weighted by Gasteiger charge is -2.18. The van der Waals surface area contributed by atoms with E-state index >= 15 is 0 Å². The van der Waals surface area contributed by atoms with Crippen LogP contribution in [-0.2, 0) is 14.8 Å². The molecule has 20 heavy (non-hydrogen) atoms. The molecule has 0 aliphatic heterocycles. The second-order valence-corrected chi connectivity index (χ2v) is 7.84. The number of carbonyl (C=O) groups is 1. The van der Waals surface area contributed by atoms with Crippen LogP contribution >= 0.6 is 15.9 Å². The Balaban J connectivity index is 2.02. The Hall–Kier alpha value is -0.920. The molecular formula is C13H17BrN2O3S. The Morgan fingerprint density at radius 2 is 2.10 bits per heavy atom. The number of sulfonamides is 1. The van der Waals surface area contributed by atoms with Crippen LogP contribution in [0.3, 0.4) is 0 Å². The summed E-state index contributed by atoms with van der Waals surface area (Å²) >= 11 is 3.39. The van der Waals surface area contributed by atoms with Crippen LogP contribution in [0.15, 0.2) is 22.7 Å². The number of benzene rings is 1. The molecule has 7 heteroatoms. The van der Waals surface area contributed by atoms with Crippen molar-refractivity contribution in [2.45, 2.75) is 25.8 Å². The van der Waals surface area contributed by atoms with Crippen LogP contribution in [0.4, 0.5) is 5.69 Å². The van der Waals surface area contributed by atoms with Crippen molar-refractivity contribution in [1.82, 2.24) is 4.31 Å². The topological polar surface area (TPSA) is 66.5 Å². The van der Waals surface area contributed by atoms with Gasteiger partial charge in [0.15, 0.2) is 0 Å². The first-order chi connectivity index (χ1) is 9.27. The highest BCUT2D eigenvalue weighted by molar-refractivity contribution is 9.10. The average Bonchev–Trinajstić information content (AvgIpc) is 3.13. The van der Waals surface area contributed by atoms with Crippen molar-refractivity contribution in [2.24, 2.45) is 0 Å². The van der Waals surface area contributed by atoms with Crippen molar-refractivity contribution < 1.29 is 13.2 Å². The molecule has 1 saturated carbocycles. The number of nitrogens with zero attached hydrogens (tertiary/aromatic N) is 1. The molecular weight excluding hydrogens is 344 g/mol. The highest BCUT2D eigenvalue weighted by atomic mass is 79.9. The van der Waals surface area contributed by atoms with Gasteiger partial charge in [-0.05, 0) is 43.5 Å². The van der Waals surface area contributed by atoms with Gasteiger partial charge in [-0.15, -0.1) is 0 Å². The van der Waals surface area contributed by atoms with E-state index in [0.717, 1.165) is 29.1 Å².